The maximum atomic E-state index is 12.4. The Bertz CT molecular complexity index is 772. The van der Waals surface area contributed by atoms with E-state index in [1.807, 2.05) is 43.3 Å². The largest absolute Gasteiger partial charge is 0.378 e. The lowest BCUT2D eigenvalue weighted by molar-refractivity contribution is 0.0952. The molecule has 5 heteroatoms. The zero-order valence-electron chi connectivity index (χ0n) is 15.0. The Morgan fingerprint density at radius 1 is 1.20 bits per heavy atom. The van der Waals surface area contributed by atoms with Crippen molar-refractivity contribution in [2.24, 2.45) is 0 Å². The summed E-state index contributed by atoms with van der Waals surface area (Å²) in [6.07, 6.45) is 5.11. The number of nitrogens with zero attached hydrogens (tertiary/aromatic N) is 3. The molecule has 132 valence electrons. The van der Waals surface area contributed by atoms with Crippen molar-refractivity contribution in [3.8, 4) is 0 Å². The van der Waals surface area contributed by atoms with Crippen LogP contribution in [0, 0.1) is 0 Å². The van der Waals surface area contributed by atoms with E-state index in [-0.39, 0.29) is 5.91 Å². The second kappa shape index (κ2) is 6.54. The summed E-state index contributed by atoms with van der Waals surface area (Å²) < 4.78 is 2.13. The minimum atomic E-state index is -0.0220. The molecule has 1 amide bonds. The number of hydrogen-bond acceptors (Lipinski definition) is 3. The molecule has 0 spiro atoms. The van der Waals surface area contributed by atoms with Gasteiger partial charge in [-0.25, -0.2) is 0 Å². The molecule has 2 saturated carbocycles. The van der Waals surface area contributed by atoms with Gasteiger partial charge in [0, 0.05) is 49.4 Å². The molecule has 25 heavy (non-hydrogen) atoms. The van der Waals surface area contributed by atoms with Gasteiger partial charge >= 0.3 is 0 Å². The molecule has 2 aliphatic rings. The van der Waals surface area contributed by atoms with Crippen molar-refractivity contribution in [1.29, 1.82) is 0 Å². The van der Waals surface area contributed by atoms with Crippen LogP contribution in [0.25, 0.3) is 0 Å². The van der Waals surface area contributed by atoms with Gasteiger partial charge in [-0.15, -0.1) is 0 Å². The van der Waals surface area contributed by atoms with Crippen molar-refractivity contribution in [3.63, 3.8) is 0 Å². The van der Waals surface area contributed by atoms with E-state index in [9.17, 15) is 4.79 Å². The van der Waals surface area contributed by atoms with Gasteiger partial charge in [0.1, 0.15) is 0 Å². The Kier molecular flexibility index (Phi) is 4.24. The molecule has 2 fully saturated rings. The zero-order chi connectivity index (χ0) is 17.4. The van der Waals surface area contributed by atoms with Crippen LogP contribution >= 0.6 is 0 Å². The van der Waals surface area contributed by atoms with Crippen LogP contribution in [0.1, 0.15) is 59.3 Å². The Hall–Kier alpha value is -2.30. The normalized spacial score (nSPS) is 16.7. The predicted molar refractivity (Wildman–Crippen MR) is 99.3 cm³/mol. The lowest BCUT2D eigenvalue weighted by atomic mass is 10.2. The minimum Gasteiger partial charge on any atom is -0.378 e. The first kappa shape index (κ1) is 16.2. The van der Waals surface area contributed by atoms with E-state index >= 15 is 0 Å². The zero-order valence-corrected chi connectivity index (χ0v) is 15.0. The maximum absolute atomic E-state index is 12.4. The molecule has 0 atom stereocenters. The summed E-state index contributed by atoms with van der Waals surface area (Å²) in [5.74, 6) is 1.35. The lowest BCUT2D eigenvalue weighted by Gasteiger charge is -2.13. The molecule has 1 aromatic carbocycles. The molecule has 0 bridgehead atoms. The smallest absolute Gasteiger partial charge is 0.251 e. The van der Waals surface area contributed by atoms with E-state index in [1.54, 1.807) is 0 Å². The number of carbonyl (C=O) groups excluding carboxylic acids is 1. The molecule has 2 aliphatic carbocycles. The first-order chi connectivity index (χ1) is 12.1. The molecule has 0 saturated heterocycles. The van der Waals surface area contributed by atoms with Crippen molar-refractivity contribution in [2.75, 3.05) is 25.5 Å². The van der Waals surface area contributed by atoms with Gasteiger partial charge in [0.15, 0.2) is 0 Å². The van der Waals surface area contributed by atoms with E-state index in [2.05, 4.69) is 16.1 Å². The number of amides is 1. The van der Waals surface area contributed by atoms with Crippen LogP contribution in [0.3, 0.4) is 0 Å². The number of carbonyl (C=O) groups is 1. The molecule has 0 radical (unpaired) electrons. The number of nitrogens with one attached hydrogen (secondary N) is 1. The number of benzene rings is 1. The predicted octanol–water partition coefficient (Wildman–Crippen LogP) is 3.13. The second-order valence-corrected chi connectivity index (χ2v) is 7.47. The fourth-order valence-electron chi connectivity index (χ4n) is 3.22. The van der Waals surface area contributed by atoms with Crippen molar-refractivity contribution < 1.29 is 4.79 Å². The van der Waals surface area contributed by atoms with E-state index in [0.717, 1.165) is 12.2 Å². The second-order valence-electron chi connectivity index (χ2n) is 7.47. The third-order valence-corrected chi connectivity index (χ3v) is 5.06. The van der Waals surface area contributed by atoms with E-state index < -0.39 is 0 Å². The number of hydrogen-bond donors (Lipinski definition) is 1. The third kappa shape index (κ3) is 3.70. The standard InChI is InChI=1S/C20H26N4O/c1-23(2)17-5-3-4-16(12-17)20(25)21-10-11-24-19(15-8-9-15)13-18(22-24)14-6-7-14/h3-5,12-15H,6-11H2,1-2H3,(H,21,25). The summed E-state index contributed by atoms with van der Waals surface area (Å²) in [6, 6.07) is 10.0. The van der Waals surface area contributed by atoms with Gasteiger partial charge in [0.25, 0.3) is 5.91 Å². The van der Waals surface area contributed by atoms with Gasteiger partial charge in [-0.3, -0.25) is 9.48 Å². The topological polar surface area (TPSA) is 50.2 Å². The maximum Gasteiger partial charge on any atom is 0.251 e. The molecule has 0 unspecified atom stereocenters. The van der Waals surface area contributed by atoms with E-state index in [4.69, 9.17) is 5.10 Å². The Balaban J connectivity index is 1.37. The molecular weight excluding hydrogens is 312 g/mol. The molecule has 1 N–H and O–H groups in total. The Morgan fingerprint density at radius 3 is 2.64 bits per heavy atom. The van der Waals surface area contributed by atoms with Crippen molar-refractivity contribution in [2.45, 2.75) is 44.1 Å². The first-order valence-electron chi connectivity index (χ1n) is 9.25. The highest BCUT2D eigenvalue weighted by molar-refractivity contribution is 5.95. The van der Waals surface area contributed by atoms with Crippen molar-refractivity contribution in [1.82, 2.24) is 15.1 Å². The SMILES string of the molecule is CN(C)c1cccc(C(=O)NCCn2nc(C3CC3)cc2C2CC2)c1. The van der Waals surface area contributed by atoms with Crippen LogP contribution in [0.4, 0.5) is 5.69 Å². The van der Waals surface area contributed by atoms with Crippen molar-refractivity contribution >= 4 is 11.6 Å². The molecule has 1 heterocycles. The van der Waals surface area contributed by atoms with Gasteiger partial charge in [0.2, 0.25) is 0 Å². The summed E-state index contributed by atoms with van der Waals surface area (Å²) in [6.45, 7) is 1.36. The summed E-state index contributed by atoms with van der Waals surface area (Å²) in [5.41, 5.74) is 4.36. The number of aromatic nitrogens is 2. The van der Waals surface area contributed by atoms with Crippen LogP contribution in [-0.2, 0) is 6.54 Å². The molecule has 2 aromatic rings. The lowest BCUT2D eigenvalue weighted by Crippen LogP contribution is -2.28. The first-order valence-corrected chi connectivity index (χ1v) is 9.25. The minimum absolute atomic E-state index is 0.0220. The third-order valence-electron chi connectivity index (χ3n) is 5.06. The molecule has 4 rings (SSSR count). The van der Waals surface area contributed by atoms with Gasteiger partial charge in [-0.1, -0.05) is 6.07 Å². The van der Waals surface area contributed by atoms with Crippen LogP contribution in [-0.4, -0.2) is 36.3 Å². The van der Waals surface area contributed by atoms with Gasteiger partial charge < -0.3 is 10.2 Å². The van der Waals surface area contributed by atoms with Gasteiger partial charge in [0.05, 0.1) is 12.2 Å². The molecular formula is C20H26N4O. The highest BCUT2D eigenvalue weighted by Gasteiger charge is 2.32. The number of anilines is 1. The molecule has 5 nitrogen and oxygen atoms in total. The fraction of sp³-hybridized carbons (Fsp3) is 0.500. The monoisotopic (exact) mass is 338 g/mol. The highest BCUT2D eigenvalue weighted by atomic mass is 16.1. The quantitative estimate of drug-likeness (QED) is 0.844. The average molecular weight is 338 g/mol. The van der Waals surface area contributed by atoms with Crippen LogP contribution in [0.15, 0.2) is 30.3 Å². The molecule has 0 aliphatic heterocycles. The van der Waals surface area contributed by atoms with E-state index in [1.165, 1.54) is 37.1 Å². The fourth-order valence-corrected chi connectivity index (χ4v) is 3.22. The Morgan fingerprint density at radius 2 is 1.96 bits per heavy atom. The van der Waals surface area contributed by atoms with Crippen molar-refractivity contribution in [3.05, 3.63) is 47.3 Å². The molecule has 1 aromatic heterocycles. The van der Waals surface area contributed by atoms with Gasteiger partial charge in [-0.05, 0) is 49.9 Å². The van der Waals surface area contributed by atoms with Crippen LogP contribution in [0.5, 0.6) is 0 Å². The van der Waals surface area contributed by atoms with Crippen LogP contribution in [0.2, 0.25) is 0 Å². The van der Waals surface area contributed by atoms with E-state index in [0.29, 0.717) is 23.9 Å². The summed E-state index contributed by atoms with van der Waals surface area (Å²) in [7, 11) is 3.96. The average Bonchev–Trinajstić information content (AvgIpc) is 3.53. The highest BCUT2D eigenvalue weighted by Crippen LogP contribution is 2.44. The summed E-state index contributed by atoms with van der Waals surface area (Å²) >= 11 is 0. The van der Waals surface area contributed by atoms with Crippen LogP contribution < -0.4 is 10.2 Å². The summed E-state index contributed by atoms with van der Waals surface area (Å²) in [4.78, 5) is 14.4. The summed E-state index contributed by atoms with van der Waals surface area (Å²) in [5, 5.41) is 7.84. The Labute approximate surface area is 149 Å². The number of rotatable bonds is 7. The van der Waals surface area contributed by atoms with Gasteiger partial charge in [-0.2, -0.15) is 5.10 Å².